The predicted molar refractivity (Wildman–Crippen MR) is 175 cm³/mol. The first kappa shape index (κ1) is 29.8. The zero-order chi connectivity index (χ0) is 29.0. The molecule has 4 aromatic rings. The average molecular weight is 557 g/mol. The van der Waals surface area contributed by atoms with Crippen LogP contribution in [0.25, 0.3) is 0 Å². The van der Waals surface area contributed by atoms with Crippen LogP contribution < -0.4 is 4.74 Å². The van der Waals surface area contributed by atoms with Crippen molar-refractivity contribution in [2.45, 2.75) is 44.3 Å². The number of hydrogen-bond acceptors (Lipinski definition) is 2. The summed E-state index contributed by atoms with van der Waals surface area (Å²) in [6, 6.07) is 39.8. The highest BCUT2D eigenvalue weighted by Crippen LogP contribution is 2.45. The molecule has 0 atom stereocenters. The van der Waals surface area contributed by atoms with Gasteiger partial charge in [-0.1, -0.05) is 159 Å². The summed E-state index contributed by atoms with van der Waals surface area (Å²) in [6.45, 7) is 6.94. The van der Waals surface area contributed by atoms with E-state index in [1.807, 2.05) is 42.5 Å². The molecule has 2 nitrogen and oxygen atoms in total. The van der Waals surface area contributed by atoms with Gasteiger partial charge in [-0.05, 0) is 47.2 Å². The maximum atomic E-state index is 12.6. The Morgan fingerprint density at radius 1 is 0.634 bits per heavy atom. The van der Waals surface area contributed by atoms with Crippen molar-refractivity contribution in [3.63, 3.8) is 0 Å². The number of allylic oxidation sites excluding steroid dienone is 5. The van der Waals surface area contributed by atoms with Crippen LogP contribution in [0.15, 0.2) is 151 Å². The van der Waals surface area contributed by atoms with E-state index in [0.717, 1.165) is 18.4 Å². The first-order valence-corrected chi connectivity index (χ1v) is 18.0. The number of benzene rings is 4. The van der Waals surface area contributed by atoms with E-state index in [2.05, 4.69) is 128 Å². The van der Waals surface area contributed by atoms with Gasteiger partial charge >= 0.3 is 5.97 Å². The van der Waals surface area contributed by atoms with Gasteiger partial charge in [-0.15, -0.1) is 0 Å². The van der Waals surface area contributed by atoms with E-state index in [4.69, 9.17) is 4.74 Å². The zero-order valence-electron chi connectivity index (χ0n) is 24.4. The number of carbonyl (C=O) groups excluding carboxylic acids is 1. The number of ether oxygens (including phenoxy) is 1. The SMILES string of the molecule is C[Si](C)(C)/C=C/C=C/C=C/CCCC(=O)Oc1ccc(C(c2ccccc2)(c2ccccc2)c2ccccc2)cc1. The summed E-state index contributed by atoms with van der Waals surface area (Å²) in [5.41, 5.74) is 6.44. The number of esters is 1. The van der Waals surface area contributed by atoms with E-state index in [1.54, 1.807) is 0 Å². The van der Waals surface area contributed by atoms with Gasteiger partial charge in [-0.3, -0.25) is 4.79 Å². The molecule has 0 aliphatic rings. The third kappa shape index (κ3) is 8.15. The molecule has 0 heterocycles. The molecular weight excluding hydrogens is 517 g/mol. The molecule has 0 radical (unpaired) electrons. The van der Waals surface area contributed by atoms with Crippen LogP contribution in [0.1, 0.15) is 41.5 Å². The van der Waals surface area contributed by atoms with E-state index in [1.165, 1.54) is 16.7 Å². The van der Waals surface area contributed by atoms with E-state index in [9.17, 15) is 4.79 Å². The minimum Gasteiger partial charge on any atom is -0.427 e. The van der Waals surface area contributed by atoms with Crippen molar-refractivity contribution in [3.05, 3.63) is 174 Å². The first-order chi connectivity index (χ1) is 19.9. The monoisotopic (exact) mass is 556 g/mol. The lowest BCUT2D eigenvalue weighted by atomic mass is 9.65. The smallest absolute Gasteiger partial charge is 0.311 e. The number of rotatable bonds is 12. The molecule has 0 saturated carbocycles. The second-order valence-electron chi connectivity index (χ2n) is 11.3. The quantitative estimate of drug-likeness (QED) is 0.0433. The Balaban J connectivity index is 1.48. The van der Waals surface area contributed by atoms with Crippen molar-refractivity contribution >= 4 is 14.0 Å². The van der Waals surface area contributed by atoms with Gasteiger partial charge in [0.05, 0.1) is 13.5 Å². The summed E-state index contributed by atoms with van der Waals surface area (Å²) in [6.07, 6.45) is 12.3. The van der Waals surface area contributed by atoms with Crippen molar-refractivity contribution in [1.82, 2.24) is 0 Å². The molecule has 0 aromatic heterocycles. The van der Waals surface area contributed by atoms with E-state index in [0.29, 0.717) is 12.2 Å². The van der Waals surface area contributed by atoms with Crippen molar-refractivity contribution < 1.29 is 9.53 Å². The van der Waals surface area contributed by atoms with Crippen LogP contribution in [0.5, 0.6) is 5.75 Å². The average Bonchev–Trinajstić information content (AvgIpc) is 2.99. The molecule has 0 fully saturated rings. The Morgan fingerprint density at radius 3 is 1.59 bits per heavy atom. The zero-order valence-corrected chi connectivity index (χ0v) is 25.4. The van der Waals surface area contributed by atoms with Gasteiger partial charge in [-0.2, -0.15) is 0 Å². The fourth-order valence-corrected chi connectivity index (χ4v) is 5.72. The van der Waals surface area contributed by atoms with Crippen molar-refractivity contribution in [2.75, 3.05) is 0 Å². The van der Waals surface area contributed by atoms with Gasteiger partial charge in [0, 0.05) is 6.42 Å². The van der Waals surface area contributed by atoms with Crippen molar-refractivity contribution in [3.8, 4) is 5.75 Å². The summed E-state index contributed by atoms with van der Waals surface area (Å²) in [5.74, 6) is 0.356. The normalized spacial score (nSPS) is 12.4. The van der Waals surface area contributed by atoms with Crippen LogP contribution in [0.2, 0.25) is 19.6 Å². The molecule has 0 bridgehead atoms. The second kappa shape index (κ2) is 14.4. The molecule has 0 aliphatic carbocycles. The Kier molecular flexibility index (Phi) is 10.5. The van der Waals surface area contributed by atoms with Gasteiger partial charge < -0.3 is 4.74 Å². The van der Waals surface area contributed by atoms with E-state index in [-0.39, 0.29) is 5.97 Å². The van der Waals surface area contributed by atoms with Crippen LogP contribution in [0.3, 0.4) is 0 Å². The molecule has 4 rings (SSSR count). The Hall–Kier alpha value is -4.21. The molecule has 208 valence electrons. The lowest BCUT2D eigenvalue weighted by Crippen LogP contribution is -2.30. The highest BCUT2D eigenvalue weighted by molar-refractivity contribution is 6.81. The van der Waals surface area contributed by atoms with Gasteiger partial charge in [0.1, 0.15) is 5.75 Å². The van der Waals surface area contributed by atoms with E-state index < -0.39 is 13.5 Å². The number of unbranched alkanes of at least 4 members (excludes halogenated alkanes) is 1. The van der Waals surface area contributed by atoms with Crippen LogP contribution in [-0.2, 0) is 10.2 Å². The topological polar surface area (TPSA) is 26.3 Å². The van der Waals surface area contributed by atoms with Crippen LogP contribution in [0.4, 0.5) is 0 Å². The molecule has 0 unspecified atom stereocenters. The highest BCUT2D eigenvalue weighted by Gasteiger charge is 2.38. The van der Waals surface area contributed by atoms with Crippen molar-refractivity contribution in [2.24, 2.45) is 0 Å². The molecule has 0 aliphatic heterocycles. The Labute approximate surface area is 246 Å². The standard InChI is InChI=1S/C38H40O2Si/c1-41(2,3)31-19-8-6-4-5-7-18-26-37(39)40-36-29-27-35(28-30-36)38(32-20-12-9-13-21-32,33-22-14-10-15-23-33)34-24-16-11-17-25-34/h4-6,8-17,19-25,27-31H,7,18,26H2,1-3H3/b5-4+,8-6+,31-19+. The van der Waals surface area contributed by atoms with Gasteiger partial charge in [0.15, 0.2) is 0 Å². The molecule has 3 heteroatoms. The third-order valence-corrected chi connectivity index (χ3v) is 8.15. The summed E-state index contributed by atoms with van der Waals surface area (Å²) >= 11 is 0. The molecule has 4 aromatic carbocycles. The summed E-state index contributed by atoms with van der Waals surface area (Å²) in [4.78, 5) is 12.6. The van der Waals surface area contributed by atoms with Crippen LogP contribution in [0, 0.1) is 0 Å². The molecule has 0 spiro atoms. The van der Waals surface area contributed by atoms with Crippen molar-refractivity contribution in [1.29, 1.82) is 0 Å². The molecule has 0 saturated heterocycles. The second-order valence-corrected chi connectivity index (χ2v) is 16.3. The first-order valence-electron chi connectivity index (χ1n) is 14.4. The fourth-order valence-electron chi connectivity index (χ4n) is 5.03. The lowest BCUT2D eigenvalue weighted by Gasteiger charge is -2.36. The maximum absolute atomic E-state index is 12.6. The summed E-state index contributed by atoms with van der Waals surface area (Å²) in [5, 5.41) is 0. The largest absolute Gasteiger partial charge is 0.427 e. The summed E-state index contributed by atoms with van der Waals surface area (Å²) < 4.78 is 5.71. The minimum absolute atomic E-state index is 0.208. The molecular formula is C38H40O2Si. The molecule has 41 heavy (non-hydrogen) atoms. The third-order valence-electron chi connectivity index (χ3n) is 6.96. The van der Waals surface area contributed by atoms with E-state index >= 15 is 0 Å². The Bertz CT molecular complexity index is 1350. The predicted octanol–water partition coefficient (Wildman–Crippen LogP) is 9.69. The van der Waals surface area contributed by atoms with Gasteiger partial charge in [0.2, 0.25) is 0 Å². The van der Waals surface area contributed by atoms with Gasteiger partial charge in [-0.25, -0.2) is 0 Å². The maximum Gasteiger partial charge on any atom is 0.311 e. The molecule has 0 N–H and O–H groups in total. The van der Waals surface area contributed by atoms with Gasteiger partial charge in [0.25, 0.3) is 0 Å². The van der Waals surface area contributed by atoms with Crippen LogP contribution in [-0.4, -0.2) is 14.0 Å². The number of carbonyl (C=O) groups is 1. The summed E-state index contributed by atoms with van der Waals surface area (Å²) in [7, 11) is -1.15. The highest BCUT2D eigenvalue weighted by atomic mass is 28.3. The fraction of sp³-hybridized carbons (Fsp3) is 0.184. The number of hydrogen-bond donors (Lipinski definition) is 0. The Morgan fingerprint density at radius 2 is 1.10 bits per heavy atom. The minimum atomic E-state index is -1.15. The lowest BCUT2D eigenvalue weighted by molar-refractivity contribution is -0.134. The van der Waals surface area contributed by atoms with Crippen LogP contribution >= 0.6 is 0 Å². The molecule has 0 amide bonds.